The van der Waals surface area contributed by atoms with Gasteiger partial charge in [-0.1, -0.05) is 59.6 Å². The van der Waals surface area contributed by atoms with E-state index in [1.54, 1.807) is 47.5 Å². The molecule has 0 aromatic heterocycles. The van der Waals surface area contributed by atoms with Crippen LogP contribution in [-0.2, 0) is 14.4 Å². The van der Waals surface area contributed by atoms with Crippen molar-refractivity contribution in [3.05, 3.63) is 94.0 Å². The number of nitrogens with zero attached hydrogens (tertiary/aromatic N) is 2. The zero-order valence-electron chi connectivity index (χ0n) is 17.0. The maximum atomic E-state index is 13.6. The fourth-order valence-electron chi connectivity index (χ4n) is 4.32. The van der Waals surface area contributed by atoms with E-state index in [4.69, 9.17) is 33.8 Å². The molecule has 3 atom stereocenters. The fraction of sp³-hybridized carbons (Fsp3) is 0.125. The molecule has 0 saturated carbocycles. The minimum atomic E-state index is -1.06. The van der Waals surface area contributed by atoms with Crippen LogP contribution in [0.25, 0.3) is 0 Å². The number of halogens is 2. The number of hydrogen-bond acceptors (Lipinski definition) is 5. The summed E-state index contributed by atoms with van der Waals surface area (Å²) in [6, 6.07) is 19.9. The van der Waals surface area contributed by atoms with Crippen molar-refractivity contribution in [3.8, 4) is 0 Å². The molecule has 2 saturated heterocycles. The summed E-state index contributed by atoms with van der Waals surface area (Å²) in [5, 5.41) is 1.94. The van der Waals surface area contributed by atoms with Gasteiger partial charge in [0.25, 0.3) is 5.91 Å². The van der Waals surface area contributed by atoms with E-state index in [1.165, 1.54) is 0 Å². The minimum absolute atomic E-state index is 0.142. The summed E-state index contributed by atoms with van der Waals surface area (Å²) in [5.41, 5.74) is 7.21. The summed E-state index contributed by atoms with van der Waals surface area (Å²) in [5.74, 6) is -2.43. The molecule has 166 valence electrons. The van der Waals surface area contributed by atoms with Gasteiger partial charge >= 0.3 is 0 Å². The summed E-state index contributed by atoms with van der Waals surface area (Å²) in [6.07, 6.45) is -1.06. The number of fused-ring (bicyclic) bond motifs is 1. The lowest BCUT2D eigenvalue weighted by Gasteiger charge is -2.29. The van der Waals surface area contributed by atoms with Crippen molar-refractivity contribution in [2.24, 2.45) is 11.7 Å². The van der Waals surface area contributed by atoms with Crippen LogP contribution in [0.1, 0.15) is 22.0 Å². The lowest BCUT2D eigenvalue weighted by Crippen LogP contribution is -2.37. The second-order valence-corrected chi connectivity index (χ2v) is 8.54. The Balaban J connectivity index is 1.60. The van der Waals surface area contributed by atoms with E-state index in [2.05, 4.69) is 0 Å². The van der Waals surface area contributed by atoms with Gasteiger partial charge in [-0.25, -0.2) is 9.96 Å². The van der Waals surface area contributed by atoms with Gasteiger partial charge in [0.05, 0.1) is 27.5 Å². The highest BCUT2D eigenvalue weighted by atomic mass is 35.5. The number of rotatable bonds is 4. The lowest BCUT2D eigenvalue weighted by molar-refractivity contribution is -0.126. The second-order valence-electron chi connectivity index (χ2n) is 7.73. The summed E-state index contributed by atoms with van der Waals surface area (Å²) in [7, 11) is 0. The first-order chi connectivity index (χ1) is 15.9. The van der Waals surface area contributed by atoms with Crippen LogP contribution in [0.5, 0.6) is 0 Å². The van der Waals surface area contributed by atoms with Crippen LogP contribution in [0, 0.1) is 5.92 Å². The number of carbonyl (C=O) groups is 3. The molecule has 0 aliphatic carbocycles. The zero-order chi connectivity index (χ0) is 23.3. The summed E-state index contributed by atoms with van der Waals surface area (Å²) >= 11 is 12.6. The molecule has 2 heterocycles. The highest BCUT2D eigenvalue weighted by Crippen LogP contribution is 2.49. The van der Waals surface area contributed by atoms with E-state index in [0.29, 0.717) is 16.8 Å². The SMILES string of the molecule is NC(=O)c1ccc([C@@H]2[C@@H]3C(=O)N(c4c(Cl)cccc4Cl)C(=O)[C@@H]3ON2c2ccccc2)cc1. The Bertz CT molecular complexity index is 1250. The molecule has 2 fully saturated rings. The number of amides is 3. The molecular weight excluding hydrogens is 465 g/mol. The first kappa shape index (κ1) is 21.5. The molecule has 2 N–H and O–H groups in total. The Kier molecular flexibility index (Phi) is 5.32. The van der Waals surface area contributed by atoms with Gasteiger partial charge in [0.1, 0.15) is 5.92 Å². The summed E-state index contributed by atoms with van der Waals surface area (Å²) in [4.78, 5) is 45.6. The number of para-hydroxylation sites is 2. The third-order valence-electron chi connectivity index (χ3n) is 5.82. The molecular formula is C24H17Cl2N3O4. The van der Waals surface area contributed by atoms with Crippen LogP contribution < -0.4 is 15.7 Å². The Hall–Kier alpha value is -3.39. The van der Waals surface area contributed by atoms with E-state index in [1.807, 2.05) is 30.3 Å². The van der Waals surface area contributed by atoms with Crippen LogP contribution in [0.3, 0.4) is 0 Å². The molecule has 0 unspecified atom stereocenters. The normalized spacial score (nSPS) is 22.1. The molecule has 0 spiro atoms. The zero-order valence-corrected chi connectivity index (χ0v) is 18.5. The third kappa shape index (κ3) is 3.45. The number of hydroxylamine groups is 1. The van der Waals surface area contributed by atoms with Crippen molar-refractivity contribution in [2.75, 3.05) is 9.96 Å². The average Bonchev–Trinajstić information content (AvgIpc) is 3.31. The van der Waals surface area contributed by atoms with Crippen LogP contribution in [-0.4, -0.2) is 23.8 Å². The number of anilines is 2. The van der Waals surface area contributed by atoms with Gasteiger partial charge in [-0.15, -0.1) is 0 Å². The molecule has 3 amide bonds. The molecule has 5 rings (SSSR count). The molecule has 0 bridgehead atoms. The Morgan fingerprint density at radius 3 is 2.09 bits per heavy atom. The summed E-state index contributed by atoms with van der Waals surface area (Å²) < 4.78 is 0. The highest BCUT2D eigenvalue weighted by Gasteiger charge is 2.60. The first-order valence-corrected chi connectivity index (χ1v) is 10.9. The Morgan fingerprint density at radius 1 is 0.848 bits per heavy atom. The number of imide groups is 1. The standard InChI is InChI=1S/C24H17Cl2N3O4/c25-16-7-4-8-17(26)20(16)28-23(31)18-19(13-9-11-14(12-10-13)22(27)30)29(33-21(18)24(28)32)15-5-2-1-3-6-15/h1-12,18-19,21H,(H2,27,30)/t18-,19+,21+/m0/s1. The van der Waals surface area contributed by atoms with Gasteiger partial charge < -0.3 is 5.73 Å². The number of primary amides is 1. The quantitative estimate of drug-likeness (QED) is 0.565. The summed E-state index contributed by atoms with van der Waals surface area (Å²) in [6.45, 7) is 0. The van der Waals surface area contributed by atoms with E-state index < -0.39 is 35.8 Å². The number of carbonyl (C=O) groups excluding carboxylic acids is 3. The molecule has 2 aliphatic heterocycles. The van der Waals surface area contributed by atoms with Crippen molar-refractivity contribution in [3.63, 3.8) is 0 Å². The van der Waals surface area contributed by atoms with Gasteiger partial charge in [-0.05, 0) is 42.0 Å². The van der Waals surface area contributed by atoms with Gasteiger partial charge in [0.15, 0.2) is 6.10 Å². The van der Waals surface area contributed by atoms with Crippen molar-refractivity contribution in [1.82, 2.24) is 0 Å². The maximum Gasteiger partial charge on any atom is 0.266 e. The second kappa shape index (κ2) is 8.19. The van der Waals surface area contributed by atoms with Crippen LogP contribution >= 0.6 is 23.2 Å². The van der Waals surface area contributed by atoms with Crippen molar-refractivity contribution in [1.29, 1.82) is 0 Å². The van der Waals surface area contributed by atoms with Crippen molar-refractivity contribution in [2.45, 2.75) is 12.1 Å². The predicted octanol–water partition coefficient (Wildman–Crippen LogP) is 4.14. The molecule has 0 radical (unpaired) electrons. The van der Waals surface area contributed by atoms with Gasteiger partial charge in [-0.3, -0.25) is 19.2 Å². The molecule has 2 aliphatic rings. The third-order valence-corrected chi connectivity index (χ3v) is 6.43. The average molecular weight is 482 g/mol. The molecule has 7 nitrogen and oxygen atoms in total. The molecule has 3 aromatic rings. The minimum Gasteiger partial charge on any atom is -0.366 e. The number of benzene rings is 3. The van der Waals surface area contributed by atoms with Gasteiger partial charge in [-0.2, -0.15) is 0 Å². The van der Waals surface area contributed by atoms with Crippen LogP contribution in [0.4, 0.5) is 11.4 Å². The van der Waals surface area contributed by atoms with Gasteiger partial charge in [0, 0.05) is 5.56 Å². The van der Waals surface area contributed by atoms with E-state index in [9.17, 15) is 14.4 Å². The van der Waals surface area contributed by atoms with Crippen molar-refractivity contribution < 1.29 is 19.2 Å². The maximum absolute atomic E-state index is 13.6. The highest BCUT2D eigenvalue weighted by molar-refractivity contribution is 6.42. The molecule has 3 aromatic carbocycles. The number of nitrogens with two attached hydrogens (primary N) is 1. The predicted molar refractivity (Wildman–Crippen MR) is 124 cm³/mol. The van der Waals surface area contributed by atoms with Crippen LogP contribution in [0.2, 0.25) is 10.0 Å². The molecule has 9 heteroatoms. The largest absolute Gasteiger partial charge is 0.366 e. The van der Waals surface area contributed by atoms with Gasteiger partial charge in [0.2, 0.25) is 11.8 Å². The van der Waals surface area contributed by atoms with E-state index >= 15 is 0 Å². The molecule has 33 heavy (non-hydrogen) atoms. The topological polar surface area (TPSA) is 92.9 Å². The fourth-order valence-corrected chi connectivity index (χ4v) is 4.89. The Morgan fingerprint density at radius 2 is 1.48 bits per heavy atom. The van der Waals surface area contributed by atoms with E-state index in [-0.39, 0.29) is 15.7 Å². The number of hydrogen-bond donors (Lipinski definition) is 1. The lowest BCUT2D eigenvalue weighted by atomic mass is 9.90. The smallest absolute Gasteiger partial charge is 0.266 e. The van der Waals surface area contributed by atoms with E-state index in [0.717, 1.165) is 4.90 Å². The van der Waals surface area contributed by atoms with Crippen molar-refractivity contribution >= 4 is 52.3 Å². The monoisotopic (exact) mass is 481 g/mol. The van der Waals surface area contributed by atoms with Crippen LogP contribution in [0.15, 0.2) is 72.8 Å². The first-order valence-electron chi connectivity index (χ1n) is 10.1. The Labute approximate surface area is 199 Å².